The molecule has 2 rings (SSSR count). The van der Waals surface area contributed by atoms with Crippen molar-refractivity contribution in [2.24, 2.45) is 0 Å². The molecule has 0 aliphatic heterocycles. The summed E-state index contributed by atoms with van der Waals surface area (Å²) in [6.45, 7) is 1.52. The Hall–Kier alpha value is -1.97. The van der Waals surface area contributed by atoms with Crippen LogP contribution in [0.3, 0.4) is 0 Å². The molecule has 4 heteroatoms. The molecular weight excluding hydrogens is 178 g/mol. The van der Waals surface area contributed by atoms with Gasteiger partial charge in [0.05, 0.1) is 5.69 Å². The summed E-state index contributed by atoms with van der Waals surface area (Å²) >= 11 is 0. The zero-order valence-electron chi connectivity index (χ0n) is 7.71. The third-order valence-corrected chi connectivity index (χ3v) is 1.88. The second-order valence-electron chi connectivity index (χ2n) is 2.87. The summed E-state index contributed by atoms with van der Waals surface area (Å²) in [6.07, 6.45) is 5.06. The van der Waals surface area contributed by atoms with Gasteiger partial charge in [0.25, 0.3) is 0 Å². The molecule has 0 aromatic carbocycles. The monoisotopic (exact) mass is 187 g/mol. The molecule has 0 saturated carbocycles. The summed E-state index contributed by atoms with van der Waals surface area (Å²) in [5.74, 6) is 0.519. The van der Waals surface area contributed by atoms with E-state index in [2.05, 4.69) is 9.97 Å². The maximum atomic E-state index is 11.2. The quantitative estimate of drug-likeness (QED) is 0.669. The predicted molar refractivity (Wildman–Crippen MR) is 51.4 cm³/mol. The minimum atomic E-state index is 0.00227. The van der Waals surface area contributed by atoms with Crippen molar-refractivity contribution in [1.29, 1.82) is 0 Å². The van der Waals surface area contributed by atoms with E-state index in [-0.39, 0.29) is 5.78 Å². The third kappa shape index (κ3) is 1.42. The van der Waals surface area contributed by atoms with Crippen molar-refractivity contribution in [2.75, 3.05) is 0 Å². The van der Waals surface area contributed by atoms with Crippen molar-refractivity contribution in [3.05, 3.63) is 42.5 Å². The van der Waals surface area contributed by atoms with Gasteiger partial charge in [-0.05, 0) is 18.2 Å². The topological polar surface area (TPSA) is 47.8 Å². The fourth-order valence-electron chi connectivity index (χ4n) is 1.26. The molecule has 0 aliphatic rings. The third-order valence-electron chi connectivity index (χ3n) is 1.88. The van der Waals surface area contributed by atoms with Gasteiger partial charge in [-0.1, -0.05) is 0 Å². The molecule has 0 amide bonds. The van der Waals surface area contributed by atoms with E-state index in [0.717, 1.165) is 0 Å². The lowest BCUT2D eigenvalue weighted by molar-refractivity contribution is 0.101. The standard InChI is InChI=1S/C10H9N3O/c1-8(14)9-4-2-7-13(9)10-11-5-3-6-12-10/h2-7H,1H3. The minimum absolute atomic E-state index is 0.00227. The van der Waals surface area contributed by atoms with Crippen molar-refractivity contribution in [2.45, 2.75) is 6.92 Å². The van der Waals surface area contributed by atoms with Gasteiger partial charge in [0, 0.05) is 25.5 Å². The van der Waals surface area contributed by atoms with Crippen LogP contribution in [-0.4, -0.2) is 20.3 Å². The Kier molecular flexibility index (Phi) is 2.10. The van der Waals surface area contributed by atoms with Crippen LogP contribution in [0.5, 0.6) is 0 Å². The lowest BCUT2D eigenvalue weighted by atomic mass is 10.3. The van der Waals surface area contributed by atoms with Gasteiger partial charge < -0.3 is 0 Å². The van der Waals surface area contributed by atoms with Gasteiger partial charge >= 0.3 is 0 Å². The number of hydrogen-bond acceptors (Lipinski definition) is 3. The number of carbonyl (C=O) groups excluding carboxylic acids is 1. The summed E-state index contributed by atoms with van der Waals surface area (Å²) in [6, 6.07) is 5.28. The van der Waals surface area contributed by atoms with E-state index in [1.165, 1.54) is 6.92 Å². The average molecular weight is 187 g/mol. The number of ketones is 1. The summed E-state index contributed by atoms with van der Waals surface area (Å²) in [4.78, 5) is 19.4. The molecule has 2 aromatic rings. The van der Waals surface area contributed by atoms with Gasteiger partial charge in [0.2, 0.25) is 5.95 Å². The van der Waals surface area contributed by atoms with Gasteiger partial charge in [-0.3, -0.25) is 9.36 Å². The highest BCUT2D eigenvalue weighted by Crippen LogP contribution is 2.07. The van der Waals surface area contributed by atoms with E-state index in [1.807, 2.05) is 0 Å². The van der Waals surface area contributed by atoms with E-state index in [0.29, 0.717) is 11.6 Å². The maximum Gasteiger partial charge on any atom is 0.234 e. The van der Waals surface area contributed by atoms with Crippen LogP contribution in [0.1, 0.15) is 17.4 Å². The van der Waals surface area contributed by atoms with Gasteiger partial charge in [0.1, 0.15) is 0 Å². The lowest BCUT2D eigenvalue weighted by Crippen LogP contribution is -2.06. The Bertz CT molecular complexity index is 447. The predicted octanol–water partition coefficient (Wildman–Crippen LogP) is 1.47. The first-order valence-corrected chi connectivity index (χ1v) is 4.25. The van der Waals surface area contributed by atoms with Gasteiger partial charge in [0.15, 0.2) is 5.78 Å². The summed E-state index contributed by atoms with van der Waals surface area (Å²) < 4.78 is 1.67. The molecule has 4 nitrogen and oxygen atoms in total. The zero-order valence-corrected chi connectivity index (χ0v) is 7.71. The fourth-order valence-corrected chi connectivity index (χ4v) is 1.26. The van der Waals surface area contributed by atoms with Crippen LogP contribution in [0.2, 0.25) is 0 Å². The zero-order chi connectivity index (χ0) is 9.97. The molecule has 2 heterocycles. The van der Waals surface area contributed by atoms with Crippen LogP contribution in [0, 0.1) is 0 Å². The summed E-state index contributed by atoms with van der Waals surface area (Å²) in [7, 11) is 0. The molecular formula is C10H9N3O. The Balaban J connectivity index is 2.52. The highest BCUT2D eigenvalue weighted by Gasteiger charge is 2.07. The highest BCUT2D eigenvalue weighted by atomic mass is 16.1. The molecule has 0 aliphatic carbocycles. The molecule has 0 N–H and O–H groups in total. The molecule has 0 spiro atoms. The van der Waals surface area contributed by atoms with Gasteiger partial charge in [-0.2, -0.15) is 0 Å². The van der Waals surface area contributed by atoms with E-state index >= 15 is 0 Å². The minimum Gasteiger partial charge on any atom is -0.293 e. The Morgan fingerprint density at radius 1 is 1.29 bits per heavy atom. The summed E-state index contributed by atoms with van der Waals surface area (Å²) in [5, 5.41) is 0. The van der Waals surface area contributed by atoms with Crippen LogP contribution < -0.4 is 0 Å². The molecule has 14 heavy (non-hydrogen) atoms. The first-order chi connectivity index (χ1) is 6.79. The van der Waals surface area contributed by atoms with E-state index in [9.17, 15) is 4.79 Å². The lowest BCUT2D eigenvalue weighted by Gasteiger charge is -2.03. The molecule has 0 saturated heterocycles. The van der Waals surface area contributed by atoms with Crippen LogP contribution in [0.15, 0.2) is 36.8 Å². The molecule has 2 aromatic heterocycles. The Labute approximate surface area is 81.2 Å². The van der Waals surface area contributed by atoms with Crippen molar-refractivity contribution in [3.63, 3.8) is 0 Å². The molecule has 70 valence electrons. The Morgan fingerprint density at radius 3 is 2.64 bits per heavy atom. The highest BCUT2D eigenvalue weighted by molar-refractivity contribution is 5.93. The van der Waals surface area contributed by atoms with E-state index in [4.69, 9.17) is 0 Å². The first-order valence-electron chi connectivity index (χ1n) is 4.25. The molecule has 0 unspecified atom stereocenters. The number of aromatic nitrogens is 3. The van der Waals surface area contributed by atoms with Crippen molar-refractivity contribution in [1.82, 2.24) is 14.5 Å². The Morgan fingerprint density at radius 2 is 2.00 bits per heavy atom. The molecule has 0 atom stereocenters. The number of rotatable bonds is 2. The van der Waals surface area contributed by atoms with E-state index in [1.54, 1.807) is 41.4 Å². The molecule has 0 bridgehead atoms. The molecule has 0 fully saturated rings. The van der Waals surface area contributed by atoms with Crippen molar-refractivity contribution >= 4 is 5.78 Å². The van der Waals surface area contributed by atoms with Crippen LogP contribution in [-0.2, 0) is 0 Å². The number of hydrogen-bond donors (Lipinski definition) is 0. The number of nitrogens with zero attached hydrogens (tertiary/aromatic N) is 3. The fraction of sp³-hybridized carbons (Fsp3) is 0.100. The van der Waals surface area contributed by atoms with Crippen LogP contribution in [0.25, 0.3) is 5.95 Å². The van der Waals surface area contributed by atoms with Gasteiger partial charge in [-0.15, -0.1) is 0 Å². The smallest absolute Gasteiger partial charge is 0.234 e. The van der Waals surface area contributed by atoms with Gasteiger partial charge in [-0.25, -0.2) is 9.97 Å². The second kappa shape index (κ2) is 3.41. The van der Waals surface area contributed by atoms with Crippen molar-refractivity contribution < 1.29 is 4.79 Å². The molecule has 0 radical (unpaired) electrons. The maximum absolute atomic E-state index is 11.2. The first kappa shape index (κ1) is 8.62. The second-order valence-corrected chi connectivity index (χ2v) is 2.87. The normalized spacial score (nSPS) is 10.1. The van der Waals surface area contributed by atoms with Crippen LogP contribution >= 0.6 is 0 Å². The largest absolute Gasteiger partial charge is 0.293 e. The van der Waals surface area contributed by atoms with Crippen molar-refractivity contribution in [3.8, 4) is 5.95 Å². The SMILES string of the molecule is CC(=O)c1cccn1-c1ncccn1. The summed E-state index contributed by atoms with van der Waals surface area (Å²) in [5.41, 5.74) is 0.594. The van der Waals surface area contributed by atoms with Crippen LogP contribution in [0.4, 0.5) is 0 Å². The number of Topliss-reactive ketones (excluding diaryl/α,β-unsaturated/α-hetero) is 1. The average Bonchev–Trinajstić information content (AvgIpc) is 2.67. The van der Waals surface area contributed by atoms with E-state index < -0.39 is 0 Å². The number of carbonyl (C=O) groups is 1.